The largest absolute Gasteiger partial charge is 0.478 e. The third kappa shape index (κ3) is 4.04. The fourth-order valence-electron chi connectivity index (χ4n) is 1.53. The highest BCUT2D eigenvalue weighted by molar-refractivity contribution is 9.10. The molecule has 5 nitrogen and oxygen atoms in total. The number of carbonyl (C=O) groups is 2. The van der Waals surface area contributed by atoms with Gasteiger partial charge < -0.3 is 16.2 Å². The molecule has 0 radical (unpaired) electrons. The summed E-state index contributed by atoms with van der Waals surface area (Å²) >= 11 is 3.19. The second kappa shape index (κ2) is 6.68. The van der Waals surface area contributed by atoms with Crippen LogP contribution in [0.25, 0.3) is 0 Å². The first-order chi connectivity index (χ1) is 8.86. The number of anilines is 1. The number of benzene rings is 1. The zero-order chi connectivity index (χ0) is 14.6. The van der Waals surface area contributed by atoms with Crippen LogP contribution in [0.15, 0.2) is 22.7 Å². The third-order valence-corrected chi connectivity index (χ3v) is 3.52. The molecule has 0 aliphatic heterocycles. The minimum absolute atomic E-state index is 0.0269. The van der Waals surface area contributed by atoms with E-state index < -0.39 is 12.0 Å². The van der Waals surface area contributed by atoms with E-state index in [1.54, 1.807) is 6.07 Å². The molecule has 1 aromatic rings. The first-order valence-electron chi connectivity index (χ1n) is 5.96. The van der Waals surface area contributed by atoms with Crippen molar-refractivity contribution in [2.45, 2.75) is 26.3 Å². The number of aromatic carboxylic acids is 1. The van der Waals surface area contributed by atoms with E-state index in [1.807, 2.05) is 13.8 Å². The van der Waals surface area contributed by atoms with Crippen LogP contribution in [0.2, 0.25) is 0 Å². The van der Waals surface area contributed by atoms with Gasteiger partial charge in [0.15, 0.2) is 0 Å². The lowest BCUT2D eigenvalue weighted by Gasteiger charge is -2.18. The van der Waals surface area contributed by atoms with Gasteiger partial charge in [-0.2, -0.15) is 0 Å². The van der Waals surface area contributed by atoms with Gasteiger partial charge in [0, 0.05) is 4.47 Å². The molecule has 1 rings (SSSR count). The van der Waals surface area contributed by atoms with Crippen molar-refractivity contribution in [3.63, 3.8) is 0 Å². The van der Waals surface area contributed by atoms with Crippen molar-refractivity contribution in [1.82, 2.24) is 0 Å². The van der Waals surface area contributed by atoms with Crippen molar-refractivity contribution in [2.75, 3.05) is 5.32 Å². The zero-order valence-electron chi connectivity index (χ0n) is 10.8. The van der Waals surface area contributed by atoms with Crippen LogP contribution in [0.3, 0.4) is 0 Å². The van der Waals surface area contributed by atoms with E-state index in [9.17, 15) is 9.59 Å². The van der Waals surface area contributed by atoms with Crippen molar-refractivity contribution >= 4 is 33.5 Å². The third-order valence-electron chi connectivity index (χ3n) is 3.03. The van der Waals surface area contributed by atoms with E-state index in [-0.39, 0.29) is 23.1 Å². The van der Waals surface area contributed by atoms with Gasteiger partial charge in [-0.1, -0.05) is 36.2 Å². The monoisotopic (exact) mass is 328 g/mol. The molecular weight excluding hydrogens is 312 g/mol. The Hall–Kier alpha value is -1.40. The van der Waals surface area contributed by atoms with Crippen LogP contribution in [-0.4, -0.2) is 23.0 Å². The molecule has 19 heavy (non-hydrogen) atoms. The molecule has 0 aliphatic rings. The maximum atomic E-state index is 11.9. The first kappa shape index (κ1) is 15.7. The number of carboxylic acid groups (broad SMARTS) is 1. The van der Waals surface area contributed by atoms with Gasteiger partial charge in [0.1, 0.15) is 0 Å². The Kier molecular flexibility index (Phi) is 5.50. The average Bonchev–Trinajstić information content (AvgIpc) is 2.38. The number of hydrogen-bond acceptors (Lipinski definition) is 3. The highest BCUT2D eigenvalue weighted by Gasteiger charge is 2.21. The van der Waals surface area contributed by atoms with Crippen LogP contribution in [0.5, 0.6) is 0 Å². The van der Waals surface area contributed by atoms with E-state index in [2.05, 4.69) is 21.2 Å². The highest BCUT2D eigenvalue weighted by atomic mass is 79.9. The quantitative estimate of drug-likeness (QED) is 0.774. The summed E-state index contributed by atoms with van der Waals surface area (Å²) in [6.07, 6.45) is 0.778. The summed E-state index contributed by atoms with van der Waals surface area (Å²) in [5.74, 6) is -1.45. The van der Waals surface area contributed by atoms with Crippen molar-refractivity contribution in [2.24, 2.45) is 11.7 Å². The van der Waals surface area contributed by atoms with Gasteiger partial charge in [-0.25, -0.2) is 4.79 Å². The van der Waals surface area contributed by atoms with Crippen LogP contribution < -0.4 is 11.1 Å². The maximum absolute atomic E-state index is 11.9. The van der Waals surface area contributed by atoms with Crippen LogP contribution >= 0.6 is 15.9 Å². The second-order valence-corrected chi connectivity index (χ2v) is 5.31. The van der Waals surface area contributed by atoms with Crippen LogP contribution in [-0.2, 0) is 4.79 Å². The molecule has 1 aromatic carbocycles. The lowest BCUT2D eigenvalue weighted by atomic mass is 9.99. The minimum Gasteiger partial charge on any atom is -0.478 e. The second-order valence-electron chi connectivity index (χ2n) is 4.40. The smallest absolute Gasteiger partial charge is 0.337 e. The van der Waals surface area contributed by atoms with Crippen molar-refractivity contribution in [1.29, 1.82) is 0 Å². The molecule has 104 valence electrons. The van der Waals surface area contributed by atoms with E-state index in [0.717, 1.165) is 6.42 Å². The predicted octanol–water partition coefficient (Wildman–Crippen LogP) is 2.46. The van der Waals surface area contributed by atoms with Gasteiger partial charge in [-0.05, 0) is 24.1 Å². The Bertz CT molecular complexity index is 491. The Morgan fingerprint density at radius 3 is 2.63 bits per heavy atom. The Labute approximate surface area is 120 Å². The van der Waals surface area contributed by atoms with Crippen LogP contribution in [0.4, 0.5) is 5.69 Å². The average molecular weight is 329 g/mol. The number of carboxylic acids is 1. The summed E-state index contributed by atoms with van der Waals surface area (Å²) in [7, 11) is 0. The Morgan fingerprint density at radius 2 is 2.11 bits per heavy atom. The Morgan fingerprint density at radius 1 is 1.47 bits per heavy atom. The molecule has 0 spiro atoms. The molecule has 4 N–H and O–H groups in total. The van der Waals surface area contributed by atoms with Crippen LogP contribution in [0.1, 0.15) is 30.6 Å². The number of halogens is 1. The molecule has 0 saturated carbocycles. The molecule has 0 fully saturated rings. The van der Waals surface area contributed by atoms with Crippen molar-refractivity contribution < 1.29 is 14.7 Å². The standard InChI is InChI=1S/C13H17BrN2O3/c1-3-7(2)11(15)12(17)16-10-5-4-8(14)6-9(10)13(18)19/h4-7,11H,3,15H2,1-2H3,(H,16,17)(H,18,19)/t7-,11-/m0/s1. The van der Waals surface area contributed by atoms with E-state index >= 15 is 0 Å². The molecule has 0 aliphatic carbocycles. The number of amides is 1. The minimum atomic E-state index is -1.10. The summed E-state index contributed by atoms with van der Waals surface area (Å²) in [6.45, 7) is 3.82. The molecule has 0 aromatic heterocycles. The van der Waals surface area contributed by atoms with Crippen molar-refractivity contribution in [3.8, 4) is 0 Å². The molecule has 0 heterocycles. The summed E-state index contributed by atoms with van der Waals surface area (Å²) in [4.78, 5) is 23.0. The molecule has 0 unspecified atom stereocenters. The molecule has 0 bridgehead atoms. The van der Waals surface area contributed by atoms with Gasteiger partial charge in [-0.15, -0.1) is 0 Å². The van der Waals surface area contributed by atoms with Gasteiger partial charge in [0.05, 0.1) is 17.3 Å². The maximum Gasteiger partial charge on any atom is 0.337 e. The molecular formula is C13H17BrN2O3. The van der Waals surface area contributed by atoms with E-state index in [0.29, 0.717) is 4.47 Å². The SMILES string of the molecule is CC[C@H](C)[C@H](N)C(=O)Nc1ccc(Br)cc1C(=O)O. The molecule has 1 amide bonds. The number of nitrogens with two attached hydrogens (primary N) is 1. The number of nitrogens with one attached hydrogen (secondary N) is 1. The van der Waals surface area contributed by atoms with Gasteiger partial charge in [0.2, 0.25) is 5.91 Å². The fourth-order valence-corrected chi connectivity index (χ4v) is 1.89. The Balaban J connectivity index is 2.94. The predicted molar refractivity (Wildman–Crippen MR) is 77.2 cm³/mol. The topological polar surface area (TPSA) is 92.4 Å². The normalized spacial score (nSPS) is 13.7. The number of carbonyl (C=O) groups excluding carboxylic acids is 1. The van der Waals surface area contributed by atoms with Gasteiger partial charge in [0.25, 0.3) is 0 Å². The number of hydrogen-bond donors (Lipinski definition) is 3. The van der Waals surface area contributed by atoms with E-state index in [1.165, 1.54) is 12.1 Å². The highest BCUT2D eigenvalue weighted by Crippen LogP contribution is 2.21. The fraction of sp³-hybridized carbons (Fsp3) is 0.385. The van der Waals surface area contributed by atoms with Gasteiger partial charge >= 0.3 is 5.97 Å². The molecule has 6 heteroatoms. The number of rotatable bonds is 5. The summed E-state index contributed by atoms with van der Waals surface area (Å²) in [6, 6.07) is 3.98. The molecule has 2 atom stereocenters. The zero-order valence-corrected chi connectivity index (χ0v) is 12.4. The molecule has 0 saturated heterocycles. The lowest BCUT2D eigenvalue weighted by molar-refractivity contribution is -0.118. The lowest BCUT2D eigenvalue weighted by Crippen LogP contribution is -2.40. The summed E-state index contributed by atoms with van der Waals surface area (Å²) < 4.78 is 0.633. The summed E-state index contributed by atoms with van der Waals surface area (Å²) in [5, 5.41) is 11.7. The first-order valence-corrected chi connectivity index (χ1v) is 6.75. The summed E-state index contributed by atoms with van der Waals surface area (Å²) in [5.41, 5.74) is 6.08. The van der Waals surface area contributed by atoms with Crippen molar-refractivity contribution in [3.05, 3.63) is 28.2 Å². The van der Waals surface area contributed by atoms with E-state index in [4.69, 9.17) is 10.8 Å². The van der Waals surface area contributed by atoms with Crippen LogP contribution in [0, 0.1) is 5.92 Å². The van der Waals surface area contributed by atoms with Gasteiger partial charge in [-0.3, -0.25) is 4.79 Å².